The molecule has 0 spiro atoms. The molecule has 0 atom stereocenters. The van der Waals surface area contributed by atoms with Crippen molar-refractivity contribution in [3.63, 3.8) is 0 Å². The Morgan fingerprint density at radius 1 is 1.53 bits per heavy atom. The van der Waals surface area contributed by atoms with Gasteiger partial charge in [-0.25, -0.2) is 4.98 Å². The van der Waals surface area contributed by atoms with Gasteiger partial charge in [-0.3, -0.25) is 0 Å². The summed E-state index contributed by atoms with van der Waals surface area (Å²) in [5.41, 5.74) is 0.695. The lowest BCUT2D eigenvalue weighted by Crippen LogP contribution is -2.46. The van der Waals surface area contributed by atoms with E-state index in [4.69, 9.17) is 9.15 Å². The minimum atomic E-state index is -3.47. The summed E-state index contributed by atoms with van der Waals surface area (Å²) in [6, 6.07) is 0. The monoisotopic (exact) mass is 289 g/mol. The topological polar surface area (TPSA) is 84.7 Å². The zero-order valence-electron chi connectivity index (χ0n) is 11.1. The quantitative estimate of drug-likeness (QED) is 0.849. The molecule has 19 heavy (non-hydrogen) atoms. The van der Waals surface area contributed by atoms with E-state index in [1.807, 2.05) is 0 Å². The second-order valence-corrected chi connectivity index (χ2v) is 6.28. The molecule has 1 fully saturated rings. The number of nitrogens with zero attached hydrogens (tertiary/aromatic N) is 2. The Bertz CT molecular complexity index is 506. The number of nitrogens with one attached hydrogen (secondary N) is 1. The number of hydrogen-bond donors (Lipinski definition) is 1. The fourth-order valence-corrected chi connectivity index (χ4v) is 3.24. The average Bonchev–Trinajstić information content (AvgIpc) is 2.82. The summed E-state index contributed by atoms with van der Waals surface area (Å²) in [5, 5.41) is 0. The van der Waals surface area contributed by atoms with Crippen LogP contribution < -0.4 is 4.72 Å². The summed E-state index contributed by atoms with van der Waals surface area (Å²) in [6.45, 7) is 2.85. The van der Waals surface area contributed by atoms with E-state index in [1.54, 1.807) is 14.0 Å². The van der Waals surface area contributed by atoms with Crippen LogP contribution in [-0.2, 0) is 21.5 Å². The molecule has 0 aromatic carbocycles. The van der Waals surface area contributed by atoms with Crippen LogP contribution in [0.3, 0.4) is 0 Å². The average molecular weight is 289 g/mol. The summed E-state index contributed by atoms with van der Waals surface area (Å²) >= 11 is 0. The molecule has 2 heterocycles. The van der Waals surface area contributed by atoms with Crippen LogP contribution >= 0.6 is 0 Å². The van der Waals surface area contributed by atoms with E-state index in [0.717, 1.165) is 12.8 Å². The number of rotatable bonds is 5. The Morgan fingerprint density at radius 2 is 2.21 bits per heavy atom. The van der Waals surface area contributed by atoms with Crippen LogP contribution in [0.1, 0.15) is 24.3 Å². The van der Waals surface area contributed by atoms with Crippen molar-refractivity contribution in [2.75, 3.05) is 20.2 Å². The Labute approximate surface area is 113 Å². The largest absolute Gasteiger partial charge is 0.447 e. The maximum absolute atomic E-state index is 12.1. The van der Waals surface area contributed by atoms with Gasteiger partial charge in [0.25, 0.3) is 10.2 Å². The summed E-state index contributed by atoms with van der Waals surface area (Å²) in [5.74, 6) is 0.537. The molecule has 1 saturated heterocycles. The third-order valence-corrected chi connectivity index (χ3v) is 4.89. The molecule has 0 saturated carbocycles. The molecule has 0 aliphatic carbocycles. The lowest BCUT2D eigenvalue weighted by molar-refractivity contribution is 0.0601. The number of aromatic nitrogens is 1. The van der Waals surface area contributed by atoms with Crippen LogP contribution in [0.25, 0.3) is 0 Å². The van der Waals surface area contributed by atoms with Gasteiger partial charge in [-0.15, -0.1) is 0 Å². The van der Waals surface area contributed by atoms with Crippen molar-refractivity contribution in [2.45, 2.75) is 32.4 Å². The van der Waals surface area contributed by atoms with Crippen LogP contribution in [0.5, 0.6) is 0 Å². The Morgan fingerprint density at radius 3 is 2.74 bits per heavy atom. The van der Waals surface area contributed by atoms with E-state index in [2.05, 4.69) is 9.71 Å². The van der Waals surface area contributed by atoms with E-state index in [-0.39, 0.29) is 12.6 Å². The van der Waals surface area contributed by atoms with Crippen molar-refractivity contribution in [3.05, 3.63) is 17.8 Å². The number of oxazole rings is 1. The number of aryl methyl sites for hydroxylation is 1. The van der Waals surface area contributed by atoms with Crippen molar-refractivity contribution in [3.8, 4) is 0 Å². The number of ether oxygens (including phenoxy) is 1. The van der Waals surface area contributed by atoms with Gasteiger partial charge in [-0.05, 0) is 19.8 Å². The highest BCUT2D eigenvalue weighted by molar-refractivity contribution is 7.87. The minimum absolute atomic E-state index is 0.123. The molecule has 1 N–H and O–H groups in total. The van der Waals surface area contributed by atoms with E-state index in [1.165, 1.54) is 10.7 Å². The van der Waals surface area contributed by atoms with Crippen molar-refractivity contribution in [1.82, 2.24) is 14.0 Å². The van der Waals surface area contributed by atoms with Crippen molar-refractivity contribution in [2.24, 2.45) is 0 Å². The predicted octanol–water partition coefficient (Wildman–Crippen LogP) is 0.428. The summed E-state index contributed by atoms with van der Waals surface area (Å²) in [6.07, 6.45) is 2.91. The Kier molecular flexibility index (Phi) is 4.56. The highest BCUT2D eigenvalue weighted by Gasteiger charge is 2.27. The van der Waals surface area contributed by atoms with Crippen molar-refractivity contribution < 1.29 is 17.6 Å². The van der Waals surface area contributed by atoms with E-state index in [0.29, 0.717) is 24.5 Å². The number of methoxy groups -OCH3 is 1. The van der Waals surface area contributed by atoms with Crippen molar-refractivity contribution >= 4 is 10.2 Å². The van der Waals surface area contributed by atoms with Gasteiger partial charge in [0.1, 0.15) is 5.76 Å². The lowest BCUT2D eigenvalue weighted by Gasteiger charge is -2.30. The van der Waals surface area contributed by atoms with Gasteiger partial charge in [0, 0.05) is 20.2 Å². The maximum atomic E-state index is 12.1. The molecule has 1 aromatic heterocycles. The first-order valence-electron chi connectivity index (χ1n) is 6.19. The molecular weight excluding hydrogens is 270 g/mol. The first-order chi connectivity index (χ1) is 9.03. The maximum Gasteiger partial charge on any atom is 0.279 e. The van der Waals surface area contributed by atoms with Crippen LogP contribution in [0.4, 0.5) is 0 Å². The highest BCUT2D eigenvalue weighted by atomic mass is 32.2. The van der Waals surface area contributed by atoms with Gasteiger partial charge in [0.2, 0.25) is 0 Å². The third-order valence-electron chi connectivity index (χ3n) is 3.33. The zero-order chi connectivity index (χ0) is 13.9. The highest BCUT2D eigenvalue weighted by Crippen LogP contribution is 2.15. The molecule has 108 valence electrons. The lowest BCUT2D eigenvalue weighted by atomic mass is 10.1. The zero-order valence-corrected chi connectivity index (χ0v) is 11.9. The molecule has 1 aromatic rings. The second-order valence-electron chi connectivity index (χ2n) is 4.52. The standard InChI is InChI=1S/C11H19N3O4S/c1-9-11(18-8-12-9)7-13-19(15,16)14-5-3-10(17-2)4-6-14/h8,10,13H,3-7H2,1-2H3. The van der Waals surface area contributed by atoms with Crippen LogP contribution in [-0.4, -0.2) is 44.0 Å². The van der Waals surface area contributed by atoms with E-state index < -0.39 is 10.2 Å². The van der Waals surface area contributed by atoms with Crippen LogP contribution in [0.2, 0.25) is 0 Å². The predicted molar refractivity (Wildman–Crippen MR) is 68.6 cm³/mol. The molecular formula is C11H19N3O4S. The first kappa shape index (κ1) is 14.4. The number of piperidine rings is 1. The summed E-state index contributed by atoms with van der Waals surface area (Å²) in [4.78, 5) is 3.92. The van der Waals surface area contributed by atoms with Gasteiger partial charge in [0.15, 0.2) is 6.39 Å². The first-order valence-corrected chi connectivity index (χ1v) is 7.63. The fraction of sp³-hybridized carbons (Fsp3) is 0.727. The SMILES string of the molecule is COC1CCN(S(=O)(=O)NCc2ocnc2C)CC1. The normalized spacial score (nSPS) is 18.8. The van der Waals surface area contributed by atoms with E-state index in [9.17, 15) is 8.42 Å². The molecule has 0 radical (unpaired) electrons. The molecule has 0 bridgehead atoms. The molecule has 2 rings (SSSR count). The van der Waals surface area contributed by atoms with Gasteiger partial charge < -0.3 is 9.15 Å². The molecule has 1 aliphatic heterocycles. The molecule has 1 aliphatic rings. The number of hydrogen-bond acceptors (Lipinski definition) is 5. The minimum Gasteiger partial charge on any atom is -0.447 e. The fourth-order valence-electron chi connectivity index (χ4n) is 2.05. The third kappa shape index (κ3) is 3.53. The van der Waals surface area contributed by atoms with Crippen LogP contribution in [0, 0.1) is 6.92 Å². The molecule has 7 nitrogen and oxygen atoms in total. The molecule has 0 amide bonds. The van der Waals surface area contributed by atoms with Gasteiger partial charge in [-0.2, -0.15) is 17.4 Å². The van der Waals surface area contributed by atoms with Crippen LogP contribution in [0.15, 0.2) is 10.8 Å². The summed E-state index contributed by atoms with van der Waals surface area (Å²) < 4.78 is 38.5. The molecule has 8 heteroatoms. The van der Waals surface area contributed by atoms with Crippen molar-refractivity contribution in [1.29, 1.82) is 0 Å². The molecule has 0 unspecified atom stereocenters. The Hall–Kier alpha value is -0.960. The second kappa shape index (κ2) is 6.00. The van der Waals surface area contributed by atoms with Gasteiger partial charge >= 0.3 is 0 Å². The van der Waals surface area contributed by atoms with Gasteiger partial charge in [-0.1, -0.05) is 0 Å². The van der Waals surface area contributed by atoms with Gasteiger partial charge in [0.05, 0.1) is 18.3 Å². The Balaban J connectivity index is 1.90. The summed E-state index contributed by atoms with van der Waals surface area (Å²) in [7, 11) is -1.82. The van der Waals surface area contributed by atoms with E-state index >= 15 is 0 Å². The smallest absolute Gasteiger partial charge is 0.279 e.